The lowest BCUT2D eigenvalue weighted by molar-refractivity contribution is -0.153. The van der Waals surface area contributed by atoms with Gasteiger partial charge in [0.25, 0.3) is 5.91 Å². The Morgan fingerprint density at radius 1 is 1.09 bits per heavy atom. The number of halogens is 1. The molecule has 8 N–H and O–H groups in total. The number of rotatable bonds is 7. The van der Waals surface area contributed by atoms with E-state index in [0.717, 1.165) is 12.8 Å². The molecule has 2 saturated carbocycles. The predicted molar refractivity (Wildman–Crippen MR) is 162 cm³/mol. The highest BCUT2D eigenvalue weighted by molar-refractivity contribution is 6.37. The molecule has 13 nitrogen and oxygen atoms in total. The number of aliphatic hydroxyl groups is 3. The van der Waals surface area contributed by atoms with E-state index in [1.165, 1.54) is 19.0 Å². The minimum Gasteiger partial charge on any atom is -0.508 e. The predicted octanol–water partition coefficient (Wildman–Crippen LogP) is 1.01. The van der Waals surface area contributed by atoms with Gasteiger partial charge in [0.15, 0.2) is 17.1 Å². The fourth-order valence-electron chi connectivity index (χ4n) is 7.40. The Kier molecular flexibility index (Phi) is 7.98. The van der Waals surface area contributed by atoms with E-state index in [0.29, 0.717) is 17.2 Å². The van der Waals surface area contributed by atoms with Gasteiger partial charge in [-0.05, 0) is 57.2 Å². The van der Waals surface area contributed by atoms with Crippen LogP contribution in [0.5, 0.6) is 5.75 Å². The van der Waals surface area contributed by atoms with Crippen molar-refractivity contribution in [3.05, 3.63) is 33.1 Å². The normalized spacial score (nSPS) is 29.6. The average molecular weight is 632 g/mol. The van der Waals surface area contributed by atoms with Crippen molar-refractivity contribution < 1.29 is 39.6 Å². The summed E-state index contributed by atoms with van der Waals surface area (Å²) in [6.45, 7) is 2.08. The minimum atomic E-state index is -2.75. The third-order valence-electron chi connectivity index (χ3n) is 9.44. The molecule has 44 heavy (non-hydrogen) atoms. The number of hydrogen-bond acceptors (Lipinski definition) is 11. The number of phenols is 1. The van der Waals surface area contributed by atoms with Crippen molar-refractivity contribution in [1.29, 1.82) is 0 Å². The number of phenolic OH excluding ortho intramolecular Hbond substituents is 1. The number of aliphatic hydroxyl groups excluding tert-OH is 2. The summed E-state index contributed by atoms with van der Waals surface area (Å²) in [6, 6.07) is -0.979. The van der Waals surface area contributed by atoms with Crippen LogP contribution in [-0.2, 0) is 25.6 Å². The van der Waals surface area contributed by atoms with Crippen molar-refractivity contribution in [3.8, 4) is 5.75 Å². The van der Waals surface area contributed by atoms with Gasteiger partial charge in [-0.25, -0.2) is 0 Å². The monoisotopic (exact) mass is 631 g/mol. The highest BCUT2D eigenvalue weighted by Crippen LogP contribution is 2.56. The van der Waals surface area contributed by atoms with E-state index in [4.69, 9.17) is 17.3 Å². The number of hydrogen-bond donors (Lipinski definition) is 7. The number of anilines is 2. The Bertz CT molecular complexity index is 1550. The van der Waals surface area contributed by atoms with Crippen molar-refractivity contribution in [3.63, 3.8) is 0 Å². The van der Waals surface area contributed by atoms with Gasteiger partial charge in [0.1, 0.15) is 22.8 Å². The topological polar surface area (TPSA) is 206 Å². The van der Waals surface area contributed by atoms with Crippen LogP contribution in [0.3, 0.4) is 0 Å². The fraction of sp³-hybridized carbons (Fsp3) is 0.533. The molecule has 0 saturated heterocycles. The van der Waals surface area contributed by atoms with Crippen LogP contribution in [0.25, 0.3) is 5.76 Å². The molecule has 4 aliphatic carbocycles. The molecule has 0 heterocycles. The third kappa shape index (κ3) is 4.64. The molecule has 1 aromatic rings. The summed E-state index contributed by atoms with van der Waals surface area (Å²) in [6.07, 6.45) is 1.90. The molecule has 4 aliphatic rings. The number of amides is 2. The fourth-order valence-corrected chi connectivity index (χ4v) is 7.82. The highest BCUT2D eigenvalue weighted by atomic mass is 35.5. The van der Waals surface area contributed by atoms with Crippen LogP contribution in [0, 0.1) is 17.8 Å². The lowest BCUT2D eigenvalue weighted by Gasteiger charge is -2.50. The van der Waals surface area contributed by atoms with Crippen LogP contribution >= 0.6 is 11.6 Å². The Morgan fingerprint density at radius 2 is 1.73 bits per heavy atom. The summed E-state index contributed by atoms with van der Waals surface area (Å²) in [4.78, 5) is 55.6. The lowest BCUT2D eigenvalue weighted by atomic mass is 9.57. The quantitative estimate of drug-likeness (QED) is 0.167. The molecule has 2 unspecified atom stereocenters. The second-order valence-electron chi connectivity index (χ2n) is 12.8. The number of primary amides is 1. The zero-order valence-corrected chi connectivity index (χ0v) is 25.9. The van der Waals surface area contributed by atoms with E-state index in [2.05, 4.69) is 17.6 Å². The molecule has 0 aliphatic heterocycles. The van der Waals surface area contributed by atoms with Gasteiger partial charge in [0, 0.05) is 31.6 Å². The van der Waals surface area contributed by atoms with E-state index in [1.54, 1.807) is 19.0 Å². The molecule has 0 spiro atoms. The van der Waals surface area contributed by atoms with Crippen molar-refractivity contribution in [2.45, 2.75) is 50.3 Å². The third-order valence-corrected chi connectivity index (χ3v) is 9.81. The number of likely N-dealkylation sites (N-methyl/N-ethyl adjacent to an activating group) is 1. The van der Waals surface area contributed by atoms with Crippen LogP contribution in [-0.4, -0.2) is 101 Å². The van der Waals surface area contributed by atoms with Crippen LogP contribution in [0.2, 0.25) is 5.02 Å². The van der Waals surface area contributed by atoms with E-state index in [1.807, 2.05) is 0 Å². The van der Waals surface area contributed by atoms with E-state index in [9.17, 15) is 39.6 Å². The number of carbonyl (C=O) groups excluding carboxylic acids is 4. The molecule has 0 aromatic heterocycles. The minimum absolute atomic E-state index is 0.0254. The number of Topliss-reactive ketones (excluding diaryl/α,β-unsaturated/α-hetero) is 2. The highest BCUT2D eigenvalue weighted by Gasteiger charge is 2.64. The van der Waals surface area contributed by atoms with Gasteiger partial charge >= 0.3 is 0 Å². The number of nitrogens with two attached hydrogens (primary N) is 1. The van der Waals surface area contributed by atoms with E-state index in [-0.39, 0.29) is 47.3 Å². The summed E-state index contributed by atoms with van der Waals surface area (Å²) in [5.41, 5.74) is 1.90. The maximum atomic E-state index is 14.1. The first kappa shape index (κ1) is 31.8. The van der Waals surface area contributed by atoms with Gasteiger partial charge < -0.3 is 41.7 Å². The summed E-state index contributed by atoms with van der Waals surface area (Å²) in [5, 5.41) is 51.7. The van der Waals surface area contributed by atoms with Gasteiger partial charge in [-0.3, -0.25) is 24.1 Å². The van der Waals surface area contributed by atoms with Crippen molar-refractivity contribution in [2.75, 3.05) is 45.0 Å². The molecule has 5 rings (SSSR count). The molecule has 1 aromatic carbocycles. The number of fused-ring (bicyclic) bond motifs is 3. The molecule has 238 valence electrons. The largest absolute Gasteiger partial charge is 0.508 e. The first-order valence-corrected chi connectivity index (χ1v) is 14.8. The number of carbonyl (C=O) groups is 4. The second-order valence-corrected chi connectivity index (χ2v) is 13.2. The summed E-state index contributed by atoms with van der Waals surface area (Å²) in [5.74, 6) is -7.52. The second kappa shape index (κ2) is 11.1. The zero-order chi connectivity index (χ0) is 32.6. The van der Waals surface area contributed by atoms with Crippen molar-refractivity contribution in [2.24, 2.45) is 23.5 Å². The van der Waals surface area contributed by atoms with Gasteiger partial charge in [-0.1, -0.05) is 18.5 Å². The molecular formula is C30H38ClN5O8. The van der Waals surface area contributed by atoms with E-state index >= 15 is 0 Å². The SMILES string of the molecule is CC1CC(NCC(=O)Nc2c(O)c3c(c(N(C)C)c2Cl)CC2CC4[C@H](N(C)C)C(=O)C(C(N)=O)=C(O)[C@@]4(O)C(=O)C2=C3O)C1. The summed E-state index contributed by atoms with van der Waals surface area (Å²) in [7, 11) is 6.46. The molecule has 14 heteroatoms. The van der Waals surface area contributed by atoms with Gasteiger partial charge in [0.05, 0.1) is 28.9 Å². The molecule has 2 amide bonds. The van der Waals surface area contributed by atoms with Crippen molar-refractivity contribution in [1.82, 2.24) is 10.2 Å². The summed E-state index contributed by atoms with van der Waals surface area (Å²) < 4.78 is 0. The molecule has 0 radical (unpaired) electrons. The lowest BCUT2D eigenvalue weighted by Crippen LogP contribution is -2.65. The summed E-state index contributed by atoms with van der Waals surface area (Å²) >= 11 is 6.77. The first-order chi connectivity index (χ1) is 20.5. The number of nitrogens with zero attached hydrogens (tertiary/aromatic N) is 2. The Morgan fingerprint density at radius 3 is 2.27 bits per heavy atom. The van der Waals surface area contributed by atoms with Gasteiger partial charge in [-0.2, -0.15) is 0 Å². The standard InChI is InChI=1S/C30H38ClN5O8/c1-11-6-13(7-11)33-10-16(37)34-21-20(31)22(35(2)3)14-8-12-9-15-23(36(4)5)26(40)19(29(32)43)28(42)30(15,44)27(41)17(12)24(38)18(14)25(21)39/h11-13,15,23,33,38-39,42,44H,6-10H2,1-5H3,(H2,32,43)(H,34,37)/t11?,12?,13?,15?,23-,30-/m0/s1. The number of ketones is 2. The maximum absolute atomic E-state index is 14.1. The maximum Gasteiger partial charge on any atom is 0.255 e. The number of benzene rings is 1. The molecule has 0 bridgehead atoms. The first-order valence-electron chi connectivity index (χ1n) is 14.4. The van der Waals surface area contributed by atoms with Crippen LogP contribution in [0.15, 0.2) is 16.9 Å². The van der Waals surface area contributed by atoms with Crippen molar-refractivity contribution >= 4 is 52.1 Å². The Labute approximate surface area is 259 Å². The number of aromatic hydroxyl groups is 1. The smallest absolute Gasteiger partial charge is 0.255 e. The van der Waals surface area contributed by atoms with Gasteiger partial charge in [0.2, 0.25) is 11.7 Å². The zero-order valence-electron chi connectivity index (χ0n) is 25.2. The Hall–Kier alpha value is -3.65. The molecule has 2 fully saturated rings. The Balaban J connectivity index is 1.63. The van der Waals surface area contributed by atoms with E-state index < -0.39 is 69.7 Å². The van der Waals surface area contributed by atoms with Crippen LogP contribution < -0.4 is 21.3 Å². The van der Waals surface area contributed by atoms with Crippen LogP contribution in [0.4, 0.5) is 11.4 Å². The van der Waals surface area contributed by atoms with Gasteiger partial charge in [-0.15, -0.1) is 0 Å². The molecule has 4 atom stereocenters. The van der Waals surface area contributed by atoms with Crippen LogP contribution in [0.1, 0.15) is 37.3 Å². The number of nitrogens with one attached hydrogen (secondary N) is 2. The molecular weight excluding hydrogens is 594 g/mol. The average Bonchev–Trinajstić information content (AvgIpc) is 2.89.